The minimum absolute atomic E-state index is 0.134. The van der Waals surface area contributed by atoms with Crippen LogP contribution in [0.1, 0.15) is 39.3 Å². The fraction of sp³-hybridized carbons (Fsp3) is 0.450. The molecule has 1 aliphatic heterocycles. The zero-order chi connectivity index (χ0) is 17.4. The lowest BCUT2D eigenvalue weighted by Gasteiger charge is -2.17. The summed E-state index contributed by atoms with van der Waals surface area (Å²) in [5.74, 6) is 0.575. The molecule has 0 saturated carbocycles. The molecule has 0 radical (unpaired) electrons. The van der Waals surface area contributed by atoms with E-state index in [1.54, 1.807) is 0 Å². The van der Waals surface area contributed by atoms with Gasteiger partial charge in [0, 0.05) is 30.2 Å². The Kier molecular flexibility index (Phi) is 4.50. The van der Waals surface area contributed by atoms with E-state index in [1.807, 2.05) is 17.9 Å². The molecule has 0 bridgehead atoms. The fourth-order valence-corrected chi connectivity index (χ4v) is 3.84. The minimum atomic E-state index is 0.134. The maximum Gasteiger partial charge on any atom is 0.255 e. The molecular weight excluding hydrogens is 298 g/mol. The van der Waals surface area contributed by atoms with Crippen molar-refractivity contribution in [3.63, 3.8) is 0 Å². The van der Waals surface area contributed by atoms with Crippen molar-refractivity contribution in [2.75, 3.05) is 19.6 Å². The summed E-state index contributed by atoms with van der Waals surface area (Å²) in [4.78, 5) is 14.9. The average molecular weight is 325 g/mol. The van der Waals surface area contributed by atoms with E-state index in [4.69, 9.17) is 5.73 Å². The van der Waals surface area contributed by atoms with Crippen LogP contribution in [-0.2, 0) is 0 Å². The summed E-state index contributed by atoms with van der Waals surface area (Å²) in [5.41, 5.74) is 12.3. The molecule has 4 heteroatoms. The van der Waals surface area contributed by atoms with Crippen molar-refractivity contribution in [1.29, 1.82) is 0 Å². The highest BCUT2D eigenvalue weighted by molar-refractivity contribution is 5.96. The third kappa shape index (κ3) is 2.98. The number of amides is 1. The number of nitrogens with zero attached hydrogens (tertiary/aromatic N) is 2. The molecule has 1 fully saturated rings. The third-order valence-electron chi connectivity index (χ3n) is 5.03. The van der Waals surface area contributed by atoms with Crippen molar-refractivity contribution in [1.82, 2.24) is 9.47 Å². The zero-order valence-electron chi connectivity index (χ0n) is 15.1. The highest BCUT2D eigenvalue weighted by Crippen LogP contribution is 2.25. The average Bonchev–Trinajstić information content (AvgIpc) is 3.10. The van der Waals surface area contributed by atoms with E-state index in [-0.39, 0.29) is 5.91 Å². The fourth-order valence-electron chi connectivity index (χ4n) is 3.84. The Balaban J connectivity index is 1.96. The molecule has 1 aliphatic rings. The van der Waals surface area contributed by atoms with Gasteiger partial charge in [0.15, 0.2) is 0 Å². The molecule has 1 atom stereocenters. The Morgan fingerprint density at radius 1 is 1.12 bits per heavy atom. The van der Waals surface area contributed by atoms with Gasteiger partial charge in [-0.2, -0.15) is 0 Å². The number of benzene rings is 1. The molecule has 1 saturated heterocycles. The van der Waals surface area contributed by atoms with Crippen LogP contribution in [-0.4, -0.2) is 35.0 Å². The molecule has 0 aliphatic carbocycles. The normalized spacial score (nSPS) is 17.5. The standard InChI is InChI=1S/C20H27N3O/c1-13-7-14(2)9-18(8-13)23-15(3)10-19(16(23)4)20(24)22-6-5-17(11-21)12-22/h7-10,17H,5-6,11-12,21H2,1-4H3. The lowest BCUT2D eigenvalue weighted by molar-refractivity contribution is 0.0787. The number of nitrogens with two attached hydrogens (primary N) is 1. The van der Waals surface area contributed by atoms with Gasteiger partial charge >= 0.3 is 0 Å². The van der Waals surface area contributed by atoms with Crippen LogP contribution in [0.4, 0.5) is 0 Å². The first-order valence-electron chi connectivity index (χ1n) is 8.67. The number of aromatic nitrogens is 1. The third-order valence-corrected chi connectivity index (χ3v) is 5.03. The molecule has 4 nitrogen and oxygen atoms in total. The lowest BCUT2D eigenvalue weighted by Crippen LogP contribution is -2.30. The van der Waals surface area contributed by atoms with Crippen molar-refractivity contribution in [2.24, 2.45) is 11.7 Å². The molecular formula is C20H27N3O. The van der Waals surface area contributed by atoms with Gasteiger partial charge in [-0.05, 0) is 75.9 Å². The van der Waals surface area contributed by atoms with Crippen molar-refractivity contribution in [3.8, 4) is 5.69 Å². The molecule has 1 unspecified atom stereocenters. The highest BCUT2D eigenvalue weighted by Gasteiger charge is 2.28. The summed E-state index contributed by atoms with van der Waals surface area (Å²) in [5, 5.41) is 0. The van der Waals surface area contributed by atoms with Gasteiger partial charge in [-0.1, -0.05) is 6.07 Å². The van der Waals surface area contributed by atoms with E-state index in [9.17, 15) is 4.79 Å². The van der Waals surface area contributed by atoms with Gasteiger partial charge in [-0.25, -0.2) is 0 Å². The van der Waals surface area contributed by atoms with E-state index in [0.717, 1.165) is 42.1 Å². The molecule has 24 heavy (non-hydrogen) atoms. The van der Waals surface area contributed by atoms with Crippen molar-refractivity contribution >= 4 is 5.91 Å². The number of hydrogen-bond donors (Lipinski definition) is 1. The molecule has 0 spiro atoms. The topological polar surface area (TPSA) is 51.3 Å². The molecule has 2 N–H and O–H groups in total. The summed E-state index contributed by atoms with van der Waals surface area (Å²) < 4.78 is 2.18. The number of carbonyl (C=O) groups excluding carboxylic acids is 1. The summed E-state index contributed by atoms with van der Waals surface area (Å²) in [6, 6.07) is 8.52. The van der Waals surface area contributed by atoms with E-state index in [0.29, 0.717) is 12.5 Å². The second-order valence-corrected chi connectivity index (χ2v) is 7.11. The van der Waals surface area contributed by atoms with Crippen LogP contribution in [0.25, 0.3) is 5.69 Å². The van der Waals surface area contributed by atoms with Gasteiger partial charge in [-0.15, -0.1) is 0 Å². The van der Waals surface area contributed by atoms with Crippen molar-refractivity contribution in [2.45, 2.75) is 34.1 Å². The summed E-state index contributed by atoms with van der Waals surface area (Å²) >= 11 is 0. The van der Waals surface area contributed by atoms with Gasteiger partial charge in [-0.3, -0.25) is 4.79 Å². The second kappa shape index (κ2) is 6.44. The SMILES string of the molecule is Cc1cc(C)cc(-n2c(C)cc(C(=O)N3CCC(CN)C3)c2C)c1. The van der Waals surface area contributed by atoms with Crippen LogP contribution < -0.4 is 5.73 Å². The van der Waals surface area contributed by atoms with Crippen LogP contribution in [0.15, 0.2) is 24.3 Å². The number of hydrogen-bond acceptors (Lipinski definition) is 2. The largest absolute Gasteiger partial charge is 0.338 e. The molecule has 128 valence electrons. The first-order chi connectivity index (χ1) is 11.4. The van der Waals surface area contributed by atoms with Crippen LogP contribution in [0.5, 0.6) is 0 Å². The first kappa shape index (κ1) is 16.8. The Morgan fingerprint density at radius 3 is 2.38 bits per heavy atom. The quantitative estimate of drug-likeness (QED) is 0.942. The van der Waals surface area contributed by atoms with Gasteiger partial charge in [0.05, 0.1) is 5.56 Å². The molecule has 3 rings (SSSR count). The Morgan fingerprint density at radius 2 is 1.79 bits per heavy atom. The lowest BCUT2D eigenvalue weighted by atomic mass is 10.1. The van der Waals surface area contributed by atoms with Crippen LogP contribution >= 0.6 is 0 Å². The van der Waals surface area contributed by atoms with E-state index < -0.39 is 0 Å². The monoisotopic (exact) mass is 325 g/mol. The van der Waals surface area contributed by atoms with Gasteiger partial charge < -0.3 is 15.2 Å². The number of likely N-dealkylation sites (tertiary alicyclic amines) is 1. The van der Waals surface area contributed by atoms with Crippen molar-refractivity contribution < 1.29 is 4.79 Å². The molecule has 1 aromatic carbocycles. The van der Waals surface area contributed by atoms with E-state index in [2.05, 4.69) is 43.5 Å². The van der Waals surface area contributed by atoms with Crippen molar-refractivity contribution in [3.05, 3.63) is 52.3 Å². The maximum absolute atomic E-state index is 12.9. The van der Waals surface area contributed by atoms with E-state index in [1.165, 1.54) is 11.1 Å². The zero-order valence-corrected chi connectivity index (χ0v) is 15.1. The van der Waals surface area contributed by atoms with E-state index >= 15 is 0 Å². The minimum Gasteiger partial charge on any atom is -0.338 e. The van der Waals surface area contributed by atoms with Gasteiger partial charge in [0.2, 0.25) is 0 Å². The van der Waals surface area contributed by atoms with Gasteiger partial charge in [0.1, 0.15) is 0 Å². The van der Waals surface area contributed by atoms with Crippen LogP contribution in [0.2, 0.25) is 0 Å². The Hall–Kier alpha value is -2.07. The number of aryl methyl sites for hydroxylation is 3. The molecule has 1 amide bonds. The molecule has 2 heterocycles. The predicted octanol–water partition coefficient (Wildman–Crippen LogP) is 3.13. The Bertz CT molecular complexity index is 755. The Labute approximate surface area is 144 Å². The first-order valence-corrected chi connectivity index (χ1v) is 8.67. The molecule has 2 aromatic rings. The number of carbonyl (C=O) groups is 1. The number of rotatable bonds is 3. The summed E-state index contributed by atoms with van der Waals surface area (Å²) in [7, 11) is 0. The van der Waals surface area contributed by atoms with Crippen LogP contribution in [0.3, 0.4) is 0 Å². The highest BCUT2D eigenvalue weighted by atomic mass is 16.2. The smallest absolute Gasteiger partial charge is 0.255 e. The molecule has 1 aromatic heterocycles. The summed E-state index contributed by atoms with van der Waals surface area (Å²) in [6.07, 6.45) is 1.01. The van der Waals surface area contributed by atoms with Gasteiger partial charge in [0.25, 0.3) is 5.91 Å². The maximum atomic E-state index is 12.9. The second-order valence-electron chi connectivity index (χ2n) is 7.11. The van der Waals surface area contributed by atoms with Crippen LogP contribution in [0, 0.1) is 33.6 Å². The predicted molar refractivity (Wildman–Crippen MR) is 97.8 cm³/mol. The summed E-state index contributed by atoms with van der Waals surface area (Å²) in [6.45, 7) is 10.6.